The normalized spacial score (nSPS) is 15.8. The molecule has 0 saturated heterocycles. The Morgan fingerprint density at radius 3 is 2.58 bits per heavy atom. The molecular weight excluding hydrogens is 277 g/mol. The van der Waals surface area contributed by atoms with Crippen LogP contribution in [0.25, 0.3) is 0 Å². The van der Waals surface area contributed by atoms with Crippen LogP contribution < -0.4 is 4.90 Å². The van der Waals surface area contributed by atoms with E-state index in [0.29, 0.717) is 17.2 Å². The molecule has 0 aliphatic heterocycles. The van der Waals surface area contributed by atoms with Gasteiger partial charge in [0.15, 0.2) is 10.9 Å². The van der Waals surface area contributed by atoms with Crippen molar-refractivity contribution in [1.82, 2.24) is 4.98 Å². The van der Waals surface area contributed by atoms with E-state index in [-0.39, 0.29) is 11.8 Å². The van der Waals surface area contributed by atoms with Crippen LogP contribution in [0.15, 0.2) is 0 Å². The van der Waals surface area contributed by atoms with Crippen LogP contribution in [0.4, 0.5) is 18.3 Å². The zero-order chi connectivity index (χ0) is 14.2. The Balaban J connectivity index is 2.30. The molecule has 0 radical (unpaired) electrons. The largest absolute Gasteiger partial charge is 0.406 e. The summed E-state index contributed by atoms with van der Waals surface area (Å²) in [7, 11) is 0. The molecule has 1 aromatic rings. The van der Waals surface area contributed by atoms with Gasteiger partial charge in [0.1, 0.15) is 12.2 Å². The molecule has 0 fully saturated rings. The number of rotatable bonds is 3. The van der Waals surface area contributed by atoms with Gasteiger partial charge in [-0.1, -0.05) is 0 Å². The van der Waals surface area contributed by atoms with Crippen molar-refractivity contribution in [2.24, 2.45) is 0 Å². The first-order valence-corrected chi connectivity index (χ1v) is 6.96. The zero-order valence-corrected chi connectivity index (χ0v) is 11.6. The number of hydrogen-bond donors (Lipinski definition) is 0. The second kappa shape index (κ2) is 5.11. The molecule has 1 aliphatic rings. The Labute approximate surface area is 113 Å². The molecule has 0 aromatic carbocycles. The maximum absolute atomic E-state index is 12.6. The summed E-state index contributed by atoms with van der Waals surface area (Å²) in [5.41, 5.74) is 0.374. The van der Waals surface area contributed by atoms with E-state index in [1.807, 2.05) is 0 Å². The van der Waals surface area contributed by atoms with Crippen molar-refractivity contribution in [1.29, 1.82) is 0 Å². The number of aromatic nitrogens is 1. The van der Waals surface area contributed by atoms with Crippen LogP contribution >= 0.6 is 11.3 Å². The summed E-state index contributed by atoms with van der Waals surface area (Å²) in [6.45, 7) is 2.34. The van der Waals surface area contributed by atoms with Gasteiger partial charge in [-0.15, -0.1) is 11.3 Å². The van der Waals surface area contributed by atoms with E-state index >= 15 is 0 Å². The van der Waals surface area contributed by atoms with Gasteiger partial charge in [-0.2, -0.15) is 13.2 Å². The van der Waals surface area contributed by atoms with E-state index in [1.54, 1.807) is 13.8 Å². The van der Waals surface area contributed by atoms with E-state index in [9.17, 15) is 18.0 Å². The molecule has 0 atom stereocenters. The lowest BCUT2D eigenvalue weighted by Gasteiger charge is -2.26. The van der Waals surface area contributed by atoms with Crippen LogP contribution in [0, 0.1) is 0 Å². The highest BCUT2D eigenvalue weighted by atomic mass is 32.1. The fourth-order valence-corrected chi connectivity index (χ4v) is 3.29. The molecule has 0 saturated carbocycles. The van der Waals surface area contributed by atoms with Gasteiger partial charge in [0, 0.05) is 17.3 Å². The second-order valence-electron chi connectivity index (χ2n) is 4.88. The average molecular weight is 292 g/mol. The molecule has 3 nitrogen and oxygen atoms in total. The van der Waals surface area contributed by atoms with Crippen molar-refractivity contribution in [3.63, 3.8) is 0 Å². The molecular formula is C12H15F3N2OS. The molecule has 0 amide bonds. The molecule has 1 heterocycles. The van der Waals surface area contributed by atoms with Crippen molar-refractivity contribution in [3.05, 3.63) is 10.6 Å². The highest BCUT2D eigenvalue weighted by molar-refractivity contribution is 7.16. The Morgan fingerprint density at radius 2 is 2.05 bits per heavy atom. The smallest absolute Gasteiger partial charge is 0.337 e. The first kappa shape index (κ1) is 14.3. The van der Waals surface area contributed by atoms with Gasteiger partial charge in [0.2, 0.25) is 0 Å². The first-order valence-electron chi connectivity index (χ1n) is 6.14. The average Bonchev–Trinajstić information content (AvgIpc) is 2.69. The number of thiazole rings is 1. The number of fused-ring (bicyclic) bond motifs is 1. The molecule has 0 bridgehead atoms. The summed E-state index contributed by atoms with van der Waals surface area (Å²) in [6.07, 6.45) is -2.34. The molecule has 106 valence electrons. The number of anilines is 1. The number of Topliss-reactive ketones (excluding diaryl/α,β-unsaturated/α-hetero) is 1. The topological polar surface area (TPSA) is 33.2 Å². The van der Waals surface area contributed by atoms with Crippen molar-refractivity contribution in [3.8, 4) is 0 Å². The lowest BCUT2D eigenvalue weighted by molar-refractivity contribution is -0.120. The lowest BCUT2D eigenvalue weighted by Crippen LogP contribution is -2.39. The van der Waals surface area contributed by atoms with Crippen LogP contribution in [0.5, 0.6) is 0 Å². The molecule has 2 rings (SSSR count). The van der Waals surface area contributed by atoms with Crippen molar-refractivity contribution >= 4 is 22.3 Å². The van der Waals surface area contributed by atoms with E-state index in [1.165, 1.54) is 16.2 Å². The van der Waals surface area contributed by atoms with Crippen molar-refractivity contribution < 1.29 is 18.0 Å². The summed E-state index contributed by atoms with van der Waals surface area (Å²) >= 11 is 1.21. The first-order chi connectivity index (χ1) is 8.78. The SMILES string of the molecule is CC(C)N(CC(F)(F)F)c1nc2c(s1)CCCC2=O. The third kappa shape index (κ3) is 3.26. The zero-order valence-electron chi connectivity index (χ0n) is 10.8. The summed E-state index contributed by atoms with van der Waals surface area (Å²) in [5, 5.41) is 0.299. The molecule has 0 spiro atoms. The Kier molecular flexibility index (Phi) is 3.85. The summed E-state index contributed by atoms with van der Waals surface area (Å²) in [6, 6.07) is -0.315. The van der Waals surface area contributed by atoms with Gasteiger partial charge in [-0.05, 0) is 26.7 Å². The van der Waals surface area contributed by atoms with E-state index in [2.05, 4.69) is 4.98 Å². The van der Waals surface area contributed by atoms with E-state index in [4.69, 9.17) is 0 Å². The standard InChI is InChI=1S/C12H15F3N2OS/c1-7(2)17(6-12(13,14)15)11-16-10-8(18)4-3-5-9(10)19-11/h7H,3-6H2,1-2H3. The number of ketones is 1. The molecule has 0 unspecified atom stereocenters. The molecule has 1 aromatic heterocycles. The van der Waals surface area contributed by atoms with Gasteiger partial charge in [0.05, 0.1) is 0 Å². The number of aryl methyl sites for hydroxylation is 1. The fraction of sp³-hybridized carbons (Fsp3) is 0.667. The quantitative estimate of drug-likeness (QED) is 0.855. The highest BCUT2D eigenvalue weighted by Crippen LogP contribution is 2.34. The summed E-state index contributed by atoms with van der Waals surface area (Å²) in [5.74, 6) is -0.0561. The van der Waals surface area contributed by atoms with Gasteiger partial charge >= 0.3 is 6.18 Å². The van der Waals surface area contributed by atoms with Gasteiger partial charge < -0.3 is 4.90 Å². The minimum absolute atomic E-state index is 0.0561. The minimum Gasteiger partial charge on any atom is -0.337 e. The Hall–Kier alpha value is -1.11. The Morgan fingerprint density at radius 1 is 1.37 bits per heavy atom. The fourth-order valence-electron chi connectivity index (χ4n) is 2.04. The van der Waals surface area contributed by atoms with Crippen LogP contribution in [-0.2, 0) is 6.42 Å². The number of carbonyl (C=O) groups is 1. The third-order valence-electron chi connectivity index (χ3n) is 2.98. The maximum Gasteiger partial charge on any atom is 0.406 e. The molecule has 19 heavy (non-hydrogen) atoms. The summed E-state index contributed by atoms with van der Waals surface area (Å²) < 4.78 is 37.7. The molecule has 0 N–H and O–H groups in total. The predicted octanol–water partition coefficient (Wildman–Crippen LogP) is 3.44. The number of alkyl halides is 3. The van der Waals surface area contributed by atoms with E-state index < -0.39 is 12.7 Å². The number of nitrogens with zero attached hydrogens (tertiary/aromatic N) is 2. The molecule has 7 heteroatoms. The number of hydrogen-bond acceptors (Lipinski definition) is 4. The van der Waals surface area contributed by atoms with Crippen LogP contribution in [-0.4, -0.2) is 29.5 Å². The second-order valence-corrected chi connectivity index (χ2v) is 5.94. The van der Waals surface area contributed by atoms with Gasteiger partial charge in [0.25, 0.3) is 0 Å². The van der Waals surface area contributed by atoms with Gasteiger partial charge in [-0.3, -0.25) is 4.79 Å². The minimum atomic E-state index is -4.28. The van der Waals surface area contributed by atoms with Crippen LogP contribution in [0.2, 0.25) is 0 Å². The van der Waals surface area contributed by atoms with Crippen LogP contribution in [0.3, 0.4) is 0 Å². The van der Waals surface area contributed by atoms with E-state index in [0.717, 1.165) is 17.7 Å². The highest BCUT2D eigenvalue weighted by Gasteiger charge is 2.34. The third-order valence-corrected chi connectivity index (χ3v) is 4.13. The van der Waals surface area contributed by atoms with Crippen molar-refractivity contribution in [2.45, 2.75) is 45.3 Å². The monoisotopic (exact) mass is 292 g/mol. The lowest BCUT2D eigenvalue weighted by atomic mass is 10.0. The number of carbonyl (C=O) groups excluding carboxylic acids is 1. The van der Waals surface area contributed by atoms with Gasteiger partial charge in [-0.25, -0.2) is 4.98 Å². The Bertz CT molecular complexity index is 482. The summed E-state index contributed by atoms with van der Waals surface area (Å²) in [4.78, 5) is 17.8. The van der Waals surface area contributed by atoms with Crippen molar-refractivity contribution in [2.75, 3.05) is 11.4 Å². The predicted molar refractivity (Wildman–Crippen MR) is 67.9 cm³/mol. The number of halogens is 3. The molecule has 1 aliphatic carbocycles. The van der Waals surface area contributed by atoms with Crippen LogP contribution in [0.1, 0.15) is 42.1 Å². The maximum atomic E-state index is 12.6.